The standard InChI is InChI=1S/C16H19N5O4/c1-11-10-13(20-25-11)19-15-17-5-2-12(18-15)14(22)21-6-3-16(4-7-21)23-8-9-24-16/h2,5,10H,3-4,6-9H2,1H3,(H,17,18,19,20). The van der Waals surface area contributed by atoms with Crippen LogP contribution in [0.2, 0.25) is 0 Å². The molecule has 0 atom stereocenters. The fourth-order valence-corrected chi connectivity index (χ4v) is 3.08. The minimum Gasteiger partial charge on any atom is -0.360 e. The molecule has 2 fully saturated rings. The first-order valence-electron chi connectivity index (χ1n) is 8.24. The predicted octanol–water partition coefficient (Wildman–Crippen LogP) is 1.50. The fraction of sp³-hybridized carbons (Fsp3) is 0.500. The second kappa shape index (κ2) is 6.41. The highest BCUT2D eigenvalue weighted by Gasteiger charge is 2.41. The van der Waals surface area contributed by atoms with Crippen LogP contribution >= 0.6 is 0 Å². The topological polar surface area (TPSA) is 103 Å². The van der Waals surface area contributed by atoms with Crippen molar-refractivity contribution in [3.05, 3.63) is 29.8 Å². The number of ether oxygens (including phenoxy) is 2. The van der Waals surface area contributed by atoms with Gasteiger partial charge in [-0.1, -0.05) is 5.16 Å². The molecule has 9 nitrogen and oxygen atoms in total. The Kier molecular flexibility index (Phi) is 4.10. The van der Waals surface area contributed by atoms with Gasteiger partial charge in [-0.25, -0.2) is 9.97 Å². The molecule has 0 bridgehead atoms. The lowest BCUT2D eigenvalue weighted by molar-refractivity contribution is -0.181. The zero-order valence-corrected chi connectivity index (χ0v) is 13.9. The van der Waals surface area contributed by atoms with Crippen molar-refractivity contribution < 1.29 is 18.8 Å². The molecule has 2 saturated heterocycles. The normalized spacial score (nSPS) is 19.3. The minimum absolute atomic E-state index is 0.130. The van der Waals surface area contributed by atoms with Gasteiger partial charge in [0.05, 0.1) is 13.2 Å². The predicted molar refractivity (Wildman–Crippen MR) is 86.3 cm³/mol. The van der Waals surface area contributed by atoms with Gasteiger partial charge in [-0.2, -0.15) is 0 Å². The molecule has 1 N–H and O–H groups in total. The number of hydrogen-bond acceptors (Lipinski definition) is 8. The molecule has 0 radical (unpaired) electrons. The number of anilines is 2. The summed E-state index contributed by atoms with van der Waals surface area (Å²) in [5, 5.41) is 6.75. The summed E-state index contributed by atoms with van der Waals surface area (Å²) < 4.78 is 16.4. The molecule has 4 heterocycles. The van der Waals surface area contributed by atoms with Crippen molar-refractivity contribution in [3.63, 3.8) is 0 Å². The van der Waals surface area contributed by atoms with E-state index in [2.05, 4.69) is 20.4 Å². The van der Waals surface area contributed by atoms with Crippen LogP contribution in [0.1, 0.15) is 29.1 Å². The average molecular weight is 345 g/mol. The van der Waals surface area contributed by atoms with Gasteiger partial charge < -0.3 is 24.2 Å². The van der Waals surface area contributed by atoms with Crippen molar-refractivity contribution in [2.24, 2.45) is 0 Å². The number of nitrogens with zero attached hydrogens (tertiary/aromatic N) is 4. The van der Waals surface area contributed by atoms with E-state index in [9.17, 15) is 4.79 Å². The zero-order chi connectivity index (χ0) is 17.3. The molecular weight excluding hydrogens is 326 g/mol. The number of aryl methyl sites for hydroxylation is 1. The molecule has 1 spiro atoms. The monoisotopic (exact) mass is 345 g/mol. The molecule has 0 aliphatic carbocycles. The molecule has 1 amide bonds. The lowest BCUT2D eigenvalue weighted by atomic mass is 10.0. The maximum absolute atomic E-state index is 12.7. The van der Waals surface area contributed by atoms with Crippen LogP contribution in [0.4, 0.5) is 11.8 Å². The first-order valence-corrected chi connectivity index (χ1v) is 8.24. The van der Waals surface area contributed by atoms with Gasteiger partial charge in [0.25, 0.3) is 5.91 Å². The third-order valence-corrected chi connectivity index (χ3v) is 4.37. The van der Waals surface area contributed by atoms with Gasteiger partial charge in [0.15, 0.2) is 11.6 Å². The quantitative estimate of drug-likeness (QED) is 0.893. The van der Waals surface area contributed by atoms with Crippen molar-refractivity contribution >= 4 is 17.7 Å². The van der Waals surface area contributed by atoms with Crippen LogP contribution in [0, 0.1) is 6.92 Å². The number of aromatic nitrogens is 3. The Morgan fingerprint density at radius 1 is 1.28 bits per heavy atom. The van der Waals surface area contributed by atoms with Gasteiger partial charge in [0.1, 0.15) is 11.5 Å². The highest BCUT2D eigenvalue weighted by Crippen LogP contribution is 2.31. The van der Waals surface area contributed by atoms with Crippen molar-refractivity contribution in [2.75, 3.05) is 31.6 Å². The molecule has 4 rings (SSSR count). The Morgan fingerprint density at radius 3 is 2.72 bits per heavy atom. The third kappa shape index (κ3) is 3.33. The third-order valence-electron chi connectivity index (χ3n) is 4.37. The molecule has 2 aliphatic rings. The van der Waals surface area contributed by atoms with Crippen LogP contribution in [-0.2, 0) is 9.47 Å². The van der Waals surface area contributed by atoms with Crippen LogP contribution in [0.15, 0.2) is 22.9 Å². The van der Waals surface area contributed by atoms with Crippen LogP contribution < -0.4 is 5.32 Å². The average Bonchev–Trinajstić information content (AvgIpc) is 3.25. The highest BCUT2D eigenvalue weighted by molar-refractivity contribution is 5.92. The number of piperidine rings is 1. The largest absolute Gasteiger partial charge is 0.360 e. The Labute approximate surface area is 144 Å². The second-order valence-electron chi connectivity index (χ2n) is 6.11. The summed E-state index contributed by atoms with van der Waals surface area (Å²) in [7, 11) is 0. The van der Waals surface area contributed by atoms with Crippen LogP contribution in [0.5, 0.6) is 0 Å². The molecule has 25 heavy (non-hydrogen) atoms. The molecule has 132 valence electrons. The van der Waals surface area contributed by atoms with Crippen molar-refractivity contribution in [3.8, 4) is 0 Å². The molecule has 0 saturated carbocycles. The van der Waals surface area contributed by atoms with Crippen LogP contribution in [-0.4, -0.2) is 58.0 Å². The van der Waals surface area contributed by atoms with Gasteiger partial charge in [-0.3, -0.25) is 4.79 Å². The van der Waals surface area contributed by atoms with Crippen LogP contribution in [0.3, 0.4) is 0 Å². The van der Waals surface area contributed by atoms with Crippen molar-refractivity contribution in [2.45, 2.75) is 25.6 Å². The van der Waals surface area contributed by atoms with E-state index < -0.39 is 5.79 Å². The van der Waals surface area contributed by atoms with E-state index in [0.717, 1.165) is 0 Å². The highest BCUT2D eigenvalue weighted by atomic mass is 16.7. The number of carbonyl (C=O) groups excluding carboxylic acids is 1. The van der Waals surface area contributed by atoms with E-state index in [1.165, 1.54) is 0 Å². The first kappa shape index (κ1) is 16.0. The summed E-state index contributed by atoms with van der Waals surface area (Å²) >= 11 is 0. The van der Waals surface area contributed by atoms with Gasteiger partial charge in [0.2, 0.25) is 5.95 Å². The molecule has 2 aliphatic heterocycles. The Bertz CT molecular complexity index is 761. The van der Waals surface area contributed by atoms with E-state index in [4.69, 9.17) is 14.0 Å². The maximum atomic E-state index is 12.7. The summed E-state index contributed by atoms with van der Waals surface area (Å²) in [5.74, 6) is 0.843. The first-order chi connectivity index (χ1) is 12.1. The molecule has 0 aromatic carbocycles. The number of nitrogens with one attached hydrogen (secondary N) is 1. The number of rotatable bonds is 3. The van der Waals surface area contributed by atoms with Gasteiger partial charge in [0, 0.05) is 38.2 Å². The van der Waals surface area contributed by atoms with E-state index >= 15 is 0 Å². The maximum Gasteiger partial charge on any atom is 0.272 e. The zero-order valence-electron chi connectivity index (χ0n) is 13.9. The van der Waals surface area contributed by atoms with E-state index in [0.29, 0.717) is 62.4 Å². The molecule has 2 aromatic heterocycles. The SMILES string of the molecule is Cc1cc(Nc2nccc(C(=O)N3CCC4(CC3)OCCO4)n2)no1. The van der Waals surface area contributed by atoms with Crippen LogP contribution in [0.25, 0.3) is 0 Å². The lowest BCUT2D eigenvalue weighted by Gasteiger charge is -2.37. The van der Waals surface area contributed by atoms with E-state index in [1.807, 2.05) is 0 Å². The van der Waals surface area contributed by atoms with E-state index in [1.54, 1.807) is 30.2 Å². The van der Waals surface area contributed by atoms with Gasteiger partial charge >= 0.3 is 0 Å². The minimum atomic E-state index is -0.500. The number of likely N-dealkylation sites (tertiary alicyclic amines) is 1. The molecule has 9 heteroatoms. The lowest BCUT2D eigenvalue weighted by Crippen LogP contribution is -2.47. The summed E-state index contributed by atoms with van der Waals surface area (Å²) in [5.41, 5.74) is 0.335. The number of amides is 1. The summed E-state index contributed by atoms with van der Waals surface area (Å²) in [4.78, 5) is 22.9. The second-order valence-corrected chi connectivity index (χ2v) is 6.11. The summed E-state index contributed by atoms with van der Waals surface area (Å²) in [6.45, 7) is 4.19. The molecule has 2 aromatic rings. The Balaban J connectivity index is 1.43. The Morgan fingerprint density at radius 2 is 2.04 bits per heavy atom. The smallest absolute Gasteiger partial charge is 0.272 e. The number of hydrogen-bond donors (Lipinski definition) is 1. The Hall–Kier alpha value is -2.52. The fourth-order valence-electron chi connectivity index (χ4n) is 3.08. The van der Waals surface area contributed by atoms with Crippen molar-refractivity contribution in [1.29, 1.82) is 0 Å². The summed E-state index contributed by atoms with van der Waals surface area (Å²) in [6, 6.07) is 3.33. The molecule has 0 unspecified atom stereocenters. The summed E-state index contributed by atoms with van der Waals surface area (Å²) in [6.07, 6.45) is 2.89. The number of carbonyl (C=O) groups is 1. The van der Waals surface area contributed by atoms with Crippen molar-refractivity contribution in [1.82, 2.24) is 20.0 Å². The van der Waals surface area contributed by atoms with Gasteiger partial charge in [-0.15, -0.1) is 0 Å². The van der Waals surface area contributed by atoms with Gasteiger partial charge in [-0.05, 0) is 13.0 Å². The molecular formula is C16H19N5O4. The van der Waals surface area contributed by atoms with E-state index in [-0.39, 0.29) is 5.91 Å².